The zero-order chi connectivity index (χ0) is 10.7. The molecule has 2 rings (SSSR count). The van der Waals surface area contributed by atoms with Gasteiger partial charge in [-0.25, -0.2) is 0 Å². The second-order valence-electron chi connectivity index (χ2n) is 4.10. The van der Waals surface area contributed by atoms with Gasteiger partial charge in [-0.05, 0) is 24.5 Å². The van der Waals surface area contributed by atoms with E-state index in [-0.39, 0.29) is 0 Å². The van der Waals surface area contributed by atoms with E-state index in [9.17, 15) is 5.11 Å². The quantitative estimate of drug-likeness (QED) is 0.840. The van der Waals surface area contributed by atoms with Crippen LogP contribution in [0.4, 0.5) is 0 Å². The summed E-state index contributed by atoms with van der Waals surface area (Å²) in [7, 11) is 0. The minimum absolute atomic E-state index is 0.621. The van der Waals surface area contributed by atoms with Gasteiger partial charge in [0.25, 0.3) is 0 Å². The topological polar surface area (TPSA) is 29.5 Å². The van der Waals surface area contributed by atoms with Crippen molar-refractivity contribution in [1.82, 2.24) is 0 Å². The number of benzene rings is 1. The normalized spacial score (nSPS) is 20.1. The van der Waals surface area contributed by atoms with Crippen LogP contribution in [0.3, 0.4) is 0 Å². The maximum Gasteiger partial charge on any atom is 0.0732 e. The van der Waals surface area contributed by atoms with Crippen LogP contribution in [0.15, 0.2) is 24.3 Å². The monoisotopic (exact) mass is 226 g/mol. The van der Waals surface area contributed by atoms with Gasteiger partial charge in [0.2, 0.25) is 0 Å². The Morgan fingerprint density at radius 1 is 1.27 bits per heavy atom. The molecule has 0 aromatic heterocycles. The summed E-state index contributed by atoms with van der Waals surface area (Å²) in [5, 5.41) is 11.0. The molecule has 0 aliphatic carbocycles. The fourth-order valence-corrected chi connectivity index (χ4v) is 2.13. The lowest BCUT2D eigenvalue weighted by Crippen LogP contribution is -2.38. The van der Waals surface area contributed by atoms with Crippen molar-refractivity contribution in [2.45, 2.75) is 24.9 Å². The highest BCUT2D eigenvalue weighted by Gasteiger charge is 2.30. The molecule has 1 aliphatic rings. The lowest BCUT2D eigenvalue weighted by molar-refractivity contribution is -0.0625. The minimum atomic E-state index is -0.636. The molecule has 82 valence electrons. The van der Waals surface area contributed by atoms with Crippen molar-refractivity contribution in [3.05, 3.63) is 34.9 Å². The van der Waals surface area contributed by atoms with Crippen molar-refractivity contribution >= 4 is 11.6 Å². The molecule has 1 aromatic carbocycles. The van der Waals surface area contributed by atoms with Crippen molar-refractivity contribution in [2.75, 3.05) is 13.2 Å². The van der Waals surface area contributed by atoms with Gasteiger partial charge in [0.15, 0.2) is 0 Å². The first-order chi connectivity index (χ1) is 7.20. The molecule has 1 N–H and O–H groups in total. The van der Waals surface area contributed by atoms with Crippen LogP contribution in [0.2, 0.25) is 5.02 Å². The first-order valence-electron chi connectivity index (χ1n) is 5.23. The molecule has 15 heavy (non-hydrogen) atoms. The molecule has 0 saturated carbocycles. The van der Waals surface area contributed by atoms with E-state index in [0.29, 0.717) is 32.5 Å². The van der Waals surface area contributed by atoms with E-state index in [1.165, 1.54) is 0 Å². The SMILES string of the molecule is OC1(Cc2ccccc2Cl)CCOCC1. The summed E-state index contributed by atoms with van der Waals surface area (Å²) >= 11 is 6.06. The third-order valence-electron chi connectivity index (χ3n) is 2.90. The molecule has 0 spiro atoms. The molecule has 1 saturated heterocycles. The van der Waals surface area contributed by atoms with Crippen molar-refractivity contribution < 1.29 is 9.84 Å². The molecule has 0 radical (unpaired) electrons. The number of hydrogen-bond donors (Lipinski definition) is 1. The van der Waals surface area contributed by atoms with Gasteiger partial charge in [0, 0.05) is 24.7 Å². The molecular weight excluding hydrogens is 212 g/mol. The molecule has 0 atom stereocenters. The number of hydrogen-bond acceptors (Lipinski definition) is 2. The summed E-state index contributed by atoms with van der Waals surface area (Å²) < 4.78 is 5.24. The minimum Gasteiger partial charge on any atom is -0.389 e. The molecular formula is C12H15ClO2. The predicted molar refractivity (Wildman–Crippen MR) is 60.2 cm³/mol. The Morgan fingerprint density at radius 3 is 2.60 bits per heavy atom. The van der Waals surface area contributed by atoms with Gasteiger partial charge in [-0.2, -0.15) is 0 Å². The average Bonchev–Trinajstić information content (AvgIpc) is 2.22. The Morgan fingerprint density at radius 2 is 1.93 bits per heavy atom. The van der Waals surface area contributed by atoms with Gasteiger partial charge >= 0.3 is 0 Å². The Bertz CT molecular complexity index is 332. The van der Waals surface area contributed by atoms with E-state index in [1.807, 2.05) is 24.3 Å². The molecule has 1 aromatic rings. The summed E-state index contributed by atoms with van der Waals surface area (Å²) in [5.74, 6) is 0. The van der Waals surface area contributed by atoms with E-state index < -0.39 is 5.60 Å². The highest BCUT2D eigenvalue weighted by Crippen LogP contribution is 2.27. The summed E-state index contributed by atoms with van der Waals surface area (Å²) in [5.41, 5.74) is 0.382. The summed E-state index contributed by atoms with van der Waals surface area (Å²) in [6.45, 7) is 1.28. The highest BCUT2D eigenvalue weighted by molar-refractivity contribution is 6.31. The number of aliphatic hydroxyl groups is 1. The molecule has 1 aliphatic heterocycles. The van der Waals surface area contributed by atoms with Gasteiger partial charge in [-0.15, -0.1) is 0 Å². The lowest BCUT2D eigenvalue weighted by Gasteiger charge is -2.32. The Hall–Kier alpha value is -0.570. The molecule has 2 nitrogen and oxygen atoms in total. The number of halogens is 1. The van der Waals surface area contributed by atoms with Crippen molar-refractivity contribution in [2.24, 2.45) is 0 Å². The molecule has 0 unspecified atom stereocenters. The number of ether oxygens (including phenoxy) is 1. The largest absolute Gasteiger partial charge is 0.389 e. The van der Waals surface area contributed by atoms with Gasteiger partial charge in [-0.1, -0.05) is 29.8 Å². The van der Waals surface area contributed by atoms with Crippen molar-refractivity contribution in [1.29, 1.82) is 0 Å². The second kappa shape index (κ2) is 4.52. The van der Waals surface area contributed by atoms with E-state index in [2.05, 4.69) is 0 Å². The average molecular weight is 227 g/mol. The predicted octanol–water partition coefficient (Wildman–Crippen LogP) is 2.42. The first kappa shape index (κ1) is 10.9. The van der Waals surface area contributed by atoms with E-state index in [4.69, 9.17) is 16.3 Å². The maximum atomic E-state index is 10.3. The van der Waals surface area contributed by atoms with E-state index in [1.54, 1.807) is 0 Å². The molecule has 1 fully saturated rings. The van der Waals surface area contributed by atoms with Crippen LogP contribution < -0.4 is 0 Å². The summed E-state index contributed by atoms with van der Waals surface area (Å²) in [4.78, 5) is 0. The van der Waals surface area contributed by atoms with Crippen molar-refractivity contribution in [3.63, 3.8) is 0 Å². The third kappa shape index (κ3) is 2.71. The third-order valence-corrected chi connectivity index (χ3v) is 3.27. The van der Waals surface area contributed by atoms with Crippen LogP contribution in [-0.2, 0) is 11.2 Å². The van der Waals surface area contributed by atoms with Gasteiger partial charge in [0.05, 0.1) is 5.60 Å². The van der Waals surface area contributed by atoms with Gasteiger partial charge in [0.1, 0.15) is 0 Å². The van der Waals surface area contributed by atoms with Crippen LogP contribution in [0.5, 0.6) is 0 Å². The van der Waals surface area contributed by atoms with Crippen LogP contribution in [0, 0.1) is 0 Å². The van der Waals surface area contributed by atoms with Crippen molar-refractivity contribution in [3.8, 4) is 0 Å². The van der Waals surface area contributed by atoms with Crippen LogP contribution in [0.1, 0.15) is 18.4 Å². The van der Waals surface area contributed by atoms with E-state index in [0.717, 1.165) is 10.6 Å². The lowest BCUT2D eigenvalue weighted by atomic mass is 9.87. The summed E-state index contributed by atoms with van der Waals surface area (Å²) in [6.07, 6.45) is 2.01. The van der Waals surface area contributed by atoms with Crippen LogP contribution >= 0.6 is 11.6 Å². The standard InChI is InChI=1S/C12H15ClO2/c13-11-4-2-1-3-10(11)9-12(14)5-7-15-8-6-12/h1-4,14H,5-9H2. The first-order valence-corrected chi connectivity index (χ1v) is 5.61. The number of rotatable bonds is 2. The Kier molecular flexibility index (Phi) is 3.29. The van der Waals surface area contributed by atoms with Gasteiger partial charge < -0.3 is 9.84 Å². The zero-order valence-corrected chi connectivity index (χ0v) is 9.33. The zero-order valence-electron chi connectivity index (χ0n) is 8.58. The fraction of sp³-hybridized carbons (Fsp3) is 0.500. The Labute approximate surface area is 94.8 Å². The van der Waals surface area contributed by atoms with E-state index >= 15 is 0 Å². The summed E-state index contributed by atoms with van der Waals surface area (Å²) in [6, 6.07) is 7.68. The molecule has 0 amide bonds. The fourth-order valence-electron chi connectivity index (χ4n) is 1.92. The van der Waals surface area contributed by atoms with Gasteiger partial charge in [-0.3, -0.25) is 0 Å². The molecule has 3 heteroatoms. The van der Waals surface area contributed by atoms with Crippen LogP contribution in [-0.4, -0.2) is 23.9 Å². The Balaban J connectivity index is 2.10. The maximum absolute atomic E-state index is 10.3. The van der Waals surface area contributed by atoms with Crippen LogP contribution in [0.25, 0.3) is 0 Å². The molecule has 0 bridgehead atoms. The smallest absolute Gasteiger partial charge is 0.0732 e. The molecule has 1 heterocycles. The highest BCUT2D eigenvalue weighted by atomic mass is 35.5. The second-order valence-corrected chi connectivity index (χ2v) is 4.51.